The molecule has 1 aromatic carbocycles. The first-order valence-electron chi connectivity index (χ1n) is 6.95. The molecule has 0 saturated heterocycles. The summed E-state index contributed by atoms with van der Waals surface area (Å²) in [7, 11) is 0. The van der Waals surface area contributed by atoms with Crippen LogP contribution >= 0.6 is 23.8 Å². The van der Waals surface area contributed by atoms with Crippen LogP contribution in [0.3, 0.4) is 0 Å². The van der Waals surface area contributed by atoms with Crippen molar-refractivity contribution in [3.63, 3.8) is 0 Å². The van der Waals surface area contributed by atoms with Crippen LogP contribution in [0, 0.1) is 19.7 Å². The second kappa shape index (κ2) is 7.07. The zero-order valence-corrected chi connectivity index (χ0v) is 14.3. The van der Waals surface area contributed by atoms with Crippen molar-refractivity contribution in [1.82, 2.24) is 15.1 Å². The van der Waals surface area contributed by atoms with E-state index in [1.165, 1.54) is 6.07 Å². The summed E-state index contributed by atoms with van der Waals surface area (Å²) in [4.78, 5) is 0. The van der Waals surface area contributed by atoms with Gasteiger partial charge < -0.3 is 10.6 Å². The molecule has 0 unspecified atom stereocenters. The standard InChI is InChI=1S/C15H18ClFN4S/c1-4-18-15(22)19-14-9(2)20-21(10(14)3)8-11-12(16)6-5-7-13(11)17/h5-7H,4,8H2,1-3H3,(H2,18,19,22). The smallest absolute Gasteiger partial charge is 0.170 e. The number of anilines is 1. The summed E-state index contributed by atoms with van der Waals surface area (Å²) in [6, 6.07) is 4.65. The van der Waals surface area contributed by atoms with Gasteiger partial charge in [-0.1, -0.05) is 17.7 Å². The van der Waals surface area contributed by atoms with Gasteiger partial charge >= 0.3 is 0 Å². The number of thiocarbonyl (C=S) groups is 1. The zero-order valence-electron chi connectivity index (χ0n) is 12.7. The number of hydrogen-bond acceptors (Lipinski definition) is 2. The number of benzene rings is 1. The molecule has 0 bridgehead atoms. The number of rotatable bonds is 4. The van der Waals surface area contributed by atoms with Crippen molar-refractivity contribution in [2.75, 3.05) is 11.9 Å². The van der Waals surface area contributed by atoms with Crippen LogP contribution in [-0.2, 0) is 6.54 Å². The van der Waals surface area contributed by atoms with Crippen LogP contribution in [0.25, 0.3) is 0 Å². The SMILES string of the molecule is CCNC(=S)Nc1c(C)nn(Cc2c(F)cccc2Cl)c1C. The number of nitrogens with one attached hydrogen (secondary N) is 2. The Kier molecular flexibility index (Phi) is 5.37. The van der Waals surface area contributed by atoms with E-state index in [1.54, 1.807) is 16.8 Å². The van der Waals surface area contributed by atoms with E-state index >= 15 is 0 Å². The van der Waals surface area contributed by atoms with E-state index in [1.807, 2.05) is 20.8 Å². The Morgan fingerprint density at radius 2 is 2.14 bits per heavy atom. The van der Waals surface area contributed by atoms with Gasteiger partial charge in [0.15, 0.2) is 5.11 Å². The van der Waals surface area contributed by atoms with E-state index in [0.29, 0.717) is 15.7 Å². The predicted octanol–water partition coefficient (Wildman–Crippen LogP) is 3.65. The summed E-state index contributed by atoms with van der Waals surface area (Å²) in [6.45, 7) is 6.77. The quantitative estimate of drug-likeness (QED) is 0.834. The van der Waals surface area contributed by atoms with Crippen LogP contribution in [0.1, 0.15) is 23.9 Å². The molecule has 118 valence electrons. The van der Waals surface area contributed by atoms with Crippen molar-refractivity contribution in [3.8, 4) is 0 Å². The minimum Gasteiger partial charge on any atom is -0.363 e. The molecule has 0 amide bonds. The van der Waals surface area contributed by atoms with Crippen molar-refractivity contribution in [1.29, 1.82) is 0 Å². The average Bonchev–Trinajstić information content (AvgIpc) is 2.71. The topological polar surface area (TPSA) is 41.9 Å². The lowest BCUT2D eigenvalue weighted by atomic mass is 10.2. The minimum atomic E-state index is -0.335. The van der Waals surface area contributed by atoms with Gasteiger partial charge in [0.2, 0.25) is 0 Å². The number of aryl methyl sites for hydroxylation is 1. The largest absolute Gasteiger partial charge is 0.363 e. The highest BCUT2D eigenvalue weighted by Crippen LogP contribution is 2.24. The third-order valence-electron chi connectivity index (χ3n) is 3.33. The third kappa shape index (κ3) is 3.56. The van der Waals surface area contributed by atoms with E-state index in [2.05, 4.69) is 15.7 Å². The molecule has 0 radical (unpaired) electrons. The van der Waals surface area contributed by atoms with Gasteiger partial charge in [0.25, 0.3) is 0 Å². The lowest BCUT2D eigenvalue weighted by molar-refractivity contribution is 0.579. The van der Waals surface area contributed by atoms with E-state index in [0.717, 1.165) is 23.6 Å². The average molecular weight is 341 g/mol. The Hall–Kier alpha value is -1.66. The Morgan fingerprint density at radius 3 is 2.77 bits per heavy atom. The molecule has 0 saturated carbocycles. The fourth-order valence-corrected chi connectivity index (χ4v) is 2.65. The molecule has 22 heavy (non-hydrogen) atoms. The molecule has 0 fully saturated rings. The Bertz CT molecular complexity index is 679. The van der Waals surface area contributed by atoms with Crippen molar-refractivity contribution >= 4 is 34.6 Å². The summed E-state index contributed by atoms with van der Waals surface area (Å²) in [5, 5.41) is 11.5. The Balaban J connectivity index is 2.28. The second-order valence-corrected chi connectivity index (χ2v) is 5.70. The van der Waals surface area contributed by atoms with Crippen LogP contribution in [0.15, 0.2) is 18.2 Å². The van der Waals surface area contributed by atoms with Gasteiger partial charge in [-0.3, -0.25) is 4.68 Å². The molecule has 4 nitrogen and oxygen atoms in total. The molecular formula is C15H18ClFN4S. The molecular weight excluding hydrogens is 323 g/mol. The van der Waals surface area contributed by atoms with E-state index in [9.17, 15) is 4.39 Å². The molecule has 1 aromatic heterocycles. The van der Waals surface area contributed by atoms with Gasteiger partial charge in [-0.25, -0.2) is 4.39 Å². The van der Waals surface area contributed by atoms with Gasteiger partial charge in [-0.15, -0.1) is 0 Å². The zero-order chi connectivity index (χ0) is 16.3. The first kappa shape index (κ1) is 16.7. The van der Waals surface area contributed by atoms with Crippen LogP contribution in [-0.4, -0.2) is 21.4 Å². The van der Waals surface area contributed by atoms with Crippen molar-refractivity contribution in [2.45, 2.75) is 27.3 Å². The van der Waals surface area contributed by atoms with E-state index in [-0.39, 0.29) is 12.4 Å². The molecule has 0 aliphatic carbocycles. The van der Waals surface area contributed by atoms with Crippen LogP contribution in [0.4, 0.5) is 10.1 Å². The maximum absolute atomic E-state index is 13.9. The second-order valence-electron chi connectivity index (χ2n) is 4.89. The van der Waals surface area contributed by atoms with Crippen molar-refractivity contribution in [3.05, 3.63) is 46.0 Å². The summed E-state index contributed by atoms with van der Waals surface area (Å²) in [6.07, 6.45) is 0. The highest BCUT2D eigenvalue weighted by Gasteiger charge is 2.15. The van der Waals surface area contributed by atoms with Gasteiger partial charge in [0, 0.05) is 17.1 Å². The first-order valence-corrected chi connectivity index (χ1v) is 7.74. The van der Waals surface area contributed by atoms with Gasteiger partial charge in [-0.2, -0.15) is 5.10 Å². The van der Waals surface area contributed by atoms with E-state index in [4.69, 9.17) is 23.8 Å². The number of nitrogens with zero attached hydrogens (tertiary/aromatic N) is 2. The Labute approximate surface area is 139 Å². The lowest BCUT2D eigenvalue weighted by Gasteiger charge is -2.10. The molecule has 0 aliphatic heterocycles. The number of halogens is 2. The molecule has 2 aromatic rings. The van der Waals surface area contributed by atoms with E-state index < -0.39 is 0 Å². The summed E-state index contributed by atoms with van der Waals surface area (Å²) >= 11 is 11.3. The normalized spacial score (nSPS) is 10.6. The monoisotopic (exact) mass is 340 g/mol. The third-order valence-corrected chi connectivity index (χ3v) is 3.93. The molecule has 0 atom stereocenters. The molecule has 7 heteroatoms. The summed E-state index contributed by atoms with van der Waals surface area (Å²) in [5.74, 6) is -0.335. The molecule has 2 N–H and O–H groups in total. The fourth-order valence-electron chi connectivity index (χ4n) is 2.18. The maximum atomic E-state index is 13.9. The van der Waals surface area contributed by atoms with Crippen molar-refractivity contribution in [2.24, 2.45) is 0 Å². The highest BCUT2D eigenvalue weighted by molar-refractivity contribution is 7.80. The minimum absolute atomic E-state index is 0.272. The highest BCUT2D eigenvalue weighted by atomic mass is 35.5. The Morgan fingerprint density at radius 1 is 1.41 bits per heavy atom. The molecule has 2 rings (SSSR count). The summed E-state index contributed by atoms with van der Waals surface area (Å²) < 4.78 is 15.6. The van der Waals surface area contributed by atoms with Crippen LogP contribution in [0.5, 0.6) is 0 Å². The van der Waals surface area contributed by atoms with Gasteiger partial charge in [0.05, 0.1) is 23.6 Å². The summed E-state index contributed by atoms with van der Waals surface area (Å²) in [5.41, 5.74) is 2.93. The van der Waals surface area contributed by atoms with Crippen LogP contribution < -0.4 is 10.6 Å². The maximum Gasteiger partial charge on any atom is 0.170 e. The van der Waals surface area contributed by atoms with Crippen LogP contribution in [0.2, 0.25) is 5.02 Å². The van der Waals surface area contributed by atoms with Gasteiger partial charge in [-0.05, 0) is 45.1 Å². The first-order chi connectivity index (χ1) is 10.4. The molecule has 1 heterocycles. The molecule has 0 spiro atoms. The molecule has 0 aliphatic rings. The lowest BCUT2D eigenvalue weighted by Crippen LogP contribution is -2.28. The predicted molar refractivity (Wildman–Crippen MR) is 92.1 cm³/mol. The van der Waals surface area contributed by atoms with Gasteiger partial charge in [0.1, 0.15) is 5.82 Å². The fraction of sp³-hybridized carbons (Fsp3) is 0.333. The number of aromatic nitrogens is 2. The number of hydrogen-bond donors (Lipinski definition) is 2. The van der Waals surface area contributed by atoms with Crippen molar-refractivity contribution < 1.29 is 4.39 Å².